The minimum absolute atomic E-state index is 0.0600. The summed E-state index contributed by atoms with van der Waals surface area (Å²) in [5.41, 5.74) is 7.03. The largest absolute Gasteiger partial charge is 0.481 e. The van der Waals surface area contributed by atoms with Gasteiger partial charge in [-0.15, -0.1) is 0 Å². The van der Waals surface area contributed by atoms with E-state index in [2.05, 4.69) is 20.9 Å². The molecule has 41 heavy (non-hydrogen) atoms. The lowest BCUT2D eigenvalue weighted by molar-refractivity contribution is -0.147. The Bertz CT molecular complexity index is 1310. The number of carboxylic acids is 2. The number of nitrogens with two attached hydrogens (primary N) is 1. The second kappa shape index (κ2) is 13.7. The van der Waals surface area contributed by atoms with Crippen molar-refractivity contribution >= 4 is 46.5 Å². The maximum atomic E-state index is 13.5. The number of nitrogens with one attached hydrogen (secondary N) is 4. The van der Waals surface area contributed by atoms with E-state index in [1.54, 1.807) is 18.3 Å². The zero-order valence-electron chi connectivity index (χ0n) is 22.3. The van der Waals surface area contributed by atoms with Crippen molar-refractivity contribution < 1.29 is 44.1 Å². The SMILES string of the molecule is C[C@H](NC(=O)[C@@H]1CCCN1C(=O)[C@H](CC(=O)O)NC(=O)[C@H](Cc1c[nH]c2ccccc12)NC(=O)[C@@H](N)CO)C(=O)O. The predicted octanol–water partition coefficient (Wildman–Crippen LogP) is -1.95. The number of carboxylic acid groups (broad SMARTS) is 2. The fraction of sp³-hybridized carbons (Fsp3) is 0.462. The highest BCUT2D eigenvalue weighted by atomic mass is 16.4. The van der Waals surface area contributed by atoms with Crippen LogP contribution in [0.2, 0.25) is 0 Å². The number of rotatable bonds is 13. The second-order valence-electron chi connectivity index (χ2n) is 9.83. The van der Waals surface area contributed by atoms with Crippen LogP contribution in [0.15, 0.2) is 30.5 Å². The van der Waals surface area contributed by atoms with Crippen LogP contribution >= 0.6 is 0 Å². The number of fused-ring (bicyclic) bond motifs is 1. The number of aromatic amines is 1. The minimum atomic E-state index is -1.60. The van der Waals surface area contributed by atoms with Crippen LogP contribution in [0.25, 0.3) is 10.9 Å². The molecule has 0 unspecified atom stereocenters. The van der Waals surface area contributed by atoms with Crippen molar-refractivity contribution in [3.8, 4) is 0 Å². The quantitative estimate of drug-likeness (QED) is 0.131. The average Bonchev–Trinajstić information content (AvgIpc) is 3.58. The molecule has 0 aliphatic carbocycles. The number of nitrogens with zero attached hydrogens (tertiary/aromatic N) is 1. The molecule has 0 saturated carbocycles. The highest BCUT2D eigenvalue weighted by molar-refractivity contribution is 5.97. The van der Waals surface area contributed by atoms with Crippen molar-refractivity contribution in [1.29, 1.82) is 0 Å². The van der Waals surface area contributed by atoms with Crippen LogP contribution in [0.3, 0.4) is 0 Å². The van der Waals surface area contributed by atoms with E-state index in [1.807, 2.05) is 12.1 Å². The molecule has 1 aliphatic heterocycles. The molecule has 1 fully saturated rings. The Morgan fingerprint density at radius 1 is 1.05 bits per heavy atom. The molecule has 9 N–H and O–H groups in total. The zero-order chi connectivity index (χ0) is 30.3. The molecular weight excluding hydrogens is 540 g/mol. The summed E-state index contributed by atoms with van der Waals surface area (Å²) in [6.07, 6.45) is 1.39. The highest BCUT2D eigenvalue weighted by Crippen LogP contribution is 2.21. The summed E-state index contributed by atoms with van der Waals surface area (Å²) >= 11 is 0. The van der Waals surface area contributed by atoms with Crippen LogP contribution in [-0.2, 0) is 35.2 Å². The third-order valence-electron chi connectivity index (χ3n) is 6.83. The number of H-pyrrole nitrogens is 1. The molecule has 2 heterocycles. The van der Waals surface area contributed by atoms with E-state index in [0.29, 0.717) is 12.0 Å². The molecule has 4 amide bonds. The van der Waals surface area contributed by atoms with E-state index in [9.17, 15) is 39.0 Å². The summed E-state index contributed by atoms with van der Waals surface area (Å²) in [6.45, 7) is 0.664. The van der Waals surface area contributed by atoms with Gasteiger partial charge in [0.15, 0.2) is 0 Å². The number of carbonyl (C=O) groups is 6. The number of aliphatic hydroxyl groups excluding tert-OH is 1. The van der Waals surface area contributed by atoms with Crippen LogP contribution < -0.4 is 21.7 Å². The van der Waals surface area contributed by atoms with Crippen LogP contribution in [0.5, 0.6) is 0 Å². The molecule has 15 nitrogen and oxygen atoms in total. The summed E-state index contributed by atoms with van der Waals surface area (Å²) in [7, 11) is 0. The van der Waals surface area contributed by atoms with Crippen LogP contribution in [0, 0.1) is 0 Å². The first-order valence-electron chi connectivity index (χ1n) is 13.0. The Kier molecular flexibility index (Phi) is 10.4. The summed E-state index contributed by atoms with van der Waals surface area (Å²) < 4.78 is 0. The number of aliphatic carboxylic acids is 2. The van der Waals surface area contributed by atoms with Gasteiger partial charge in [-0.2, -0.15) is 0 Å². The molecule has 15 heteroatoms. The van der Waals surface area contributed by atoms with E-state index in [-0.39, 0.29) is 19.4 Å². The molecule has 0 bridgehead atoms. The minimum Gasteiger partial charge on any atom is -0.481 e. The van der Waals surface area contributed by atoms with Gasteiger partial charge < -0.3 is 46.9 Å². The lowest BCUT2D eigenvalue weighted by Crippen LogP contribution is -2.59. The van der Waals surface area contributed by atoms with Gasteiger partial charge in [-0.1, -0.05) is 18.2 Å². The smallest absolute Gasteiger partial charge is 0.325 e. The van der Waals surface area contributed by atoms with E-state index in [0.717, 1.165) is 15.8 Å². The third kappa shape index (κ3) is 7.79. The molecule has 222 valence electrons. The summed E-state index contributed by atoms with van der Waals surface area (Å²) in [4.78, 5) is 79.1. The topological polar surface area (TPSA) is 244 Å². The predicted molar refractivity (Wildman–Crippen MR) is 143 cm³/mol. The van der Waals surface area contributed by atoms with Gasteiger partial charge in [-0.05, 0) is 31.4 Å². The van der Waals surface area contributed by atoms with E-state index < -0.39 is 78.8 Å². The lowest BCUT2D eigenvalue weighted by Gasteiger charge is -2.29. The van der Waals surface area contributed by atoms with Crippen LogP contribution in [-0.4, -0.2) is 104 Å². The molecule has 3 rings (SSSR count). The van der Waals surface area contributed by atoms with Gasteiger partial charge in [-0.25, -0.2) is 0 Å². The monoisotopic (exact) mass is 574 g/mol. The molecular formula is C26H34N6O9. The lowest BCUT2D eigenvalue weighted by atomic mass is 10.0. The zero-order valence-corrected chi connectivity index (χ0v) is 22.3. The van der Waals surface area contributed by atoms with Gasteiger partial charge in [0.25, 0.3) is 0 Å². The van der Waals surface area contributed by atoms with E-state index >= 15 is 0 Å². The fourth-order valence-electron chi connectivity index (χ4n) is 4.61. The Labute approximate surface area is 234 Å². The molecule has 1 aliphatic rings. The summed E-state index contributed by atoms with van der Waals surface area (Å²) in [6, 6.07) is 0.712. The van der Waals surface area contributed by atoms with Gasteiger partial charge in [-0.3, -0.25) is 28.8 Å². The molecule has 1 saturated heterocycles. The van der Waals surface area contributed by atoms with Crippen molar-refractivity contribution in [3.63, 3.8) is 0 Å². The second-order valence-corrected chi connectivity index (χ2v) is 9.83. The number of para-hydroxylation sites is 1. The Balaban J connectivity index is 1.83. The molecule has 1 aromatic heterocycles. The van der Waals surface area contributed by atoms with Gasteiger partial charge in [0.1, 0.15) is 30.2 Å². The van der Waals surface area contributed by atoms with E-state index in [4.69, 9.17) is 10.8 Å². The number of aromatic nitrogens is 1. The van der Waals surface area contributed by atoms with Crippen molar-refractivity contribution in [2.24, 2.45) is 5.73 Å². The van der Waals surface area contributed by atoms with Gasteiger partial charge >= 0.3 is 11.9 Å². The number of carbonyl (C=O) groups excluding carboxylic acids is 4. The fourth-order valence-corrected chi connectivity index (χ4v) is 4.61. The van der Waals surface area contributed by atoms with Crippen molar-refractivity contribution in [2.45, 2.75) is 62.8 Å². The van der Waals surface area contributed by atoms with E-state index in [1.165, 1.54) is 6.92 Å². The van der Waals surface area contributed by atoms with Gasteiger partial charge in [0.2, 0.25) is 23.6 Å². The molecule has 1 aromatic carbocycles. The summed E-state index contributed by atoms with van der Waals surface area (Å²) in [5.74, 6) is -5.94. The molecule has 0 spiro atoms. The van der Waals surface area contributed by atoms with Crippen LogP contribution in [0.4, 0.5) is 0 Å². The molecule has 5 atom stereocenters. The average molecular weight is 575 g/mol. The Morgan fingerprint density at radius 2 is 1.73 bits per heavy atom. The number of aliphatic hydroxyl groups is 1. The van der Waals surface area contributed by atoms with Crippen LogP contribution in [0.1, 0.15) is 31.7 Å². The number of amides is 4. The first-order chi connectivity index (χ1) is 19.4. The van der Waals surface area contributed by atoms with Gasteiger partial charge in [0, 0.05) is 30.1 Å². The first kappa shape index (κ1) is 31.0. The highest BCUT2D eigenvalue weighted by Gasteiger charge is 2.40. The number of hydrogen-bond acceptors (Lipinski definition) is 8. The maximum Gasteiger partial charge on any atom is 0.325 e. The number of likely N-dealkylation sites (tertiary alicyclic amines) is 1. The van der Waals surface area contributed by atoms with Crippen molar-refractivity contribution in [2.75, 3.05) is 13.2 Å². The number of hydrogen-bond donors (Lipinski definition) is 8. The molecule has 2 aromatic rings. The van der Waals surface area contributed by atoms with Crippen molar-refractivity contribution in [3.05, 3.63) is 36.0 Å². The Hall–Kier alpha value is -4.50. The van der Waals surface area contributed by atoms with Gasteiger partial charge in [0.05, 0.1) is 13.0 Å². The number of benzene rings is 1. The standard InChI is InChI=1S/C26H34N6O9/c1-13(26(40)41)29-24(38)20-7-4-8-32(20)25(39)19(10-21(34)35)31-23(37)18(30-22(36)16(27)12-33)9-14-11-28-17-6-3-2-5-15(14)17/h2-3,5-6,11,13,16,18-20,28,33H,4,7-10,12,27H2,1H3,(H,29,38)(H,30,36)(H,31,37)(H,34,35)(H,40,41)/t13-,16-,18-,19-,20-/m0/s1. The third-order valence-corrected chi connectivity index (χ3v) is 6.83. The summed E-state index contributed by atoms with van der Waals surface area (Å²) in [5, 5.41) is 35.8. The van der Waals surface area contributed by atoms with Crippen molar-refractivity contribution in [1.82, 2.24) is 25.8 Å². The maximum absolute atomic E-state index is 13.5. The Morgan fingerprint density at radius 3 is 2.39 bits per heavy atom. The molecule has 0 radical (unpaired) electrons. The normalized spacial score (nSPS) is 17.7. The first-order valence-corrected chi connectivity index (χ1v) is 13.0.